The van der Waals surface area contributed by atoms with Gasteiger partial charge < -0.3 is 5.11 Å². The molecule has 0 saturated heterocycles. The average Bonchev–Trinajstić information content (AvgIpc) is 2.98. The molecule has 70 valence electrons. The van der Waals surface area contributed by atoms with E-state index in [1.807, 2.05) is 13.0 Å². The molecule has 1 aliphatic rings. The van der Waals surface area contributed by atoms with Crippen LogP contribution in [-0.4, -0.2) is 11.2 Å². The van der Waals surface area contributed by atoms with Gasteiger partial charge in [-0.15, -0.1) is 0 Å². The normalized spacial score (nSPS) is 28.5. The quantitative estimate of drug-likeness (QED) is 0.750. The molecule has 1 saturated carbocycles. The summed E-state index contributed by atoms with van der Waals surface area (Å²) in [5.74, 6) is 1.14. The largest absolute Gasteiger partial charge is 0.393 e. The second-order valence-electron chi connectivity index (χ2n) is 3.89. The molecule has 0 heterocycles. The van der Waals surface area contributed by atoms with Gasteiger partial charge in [0.15, 0.2) is 0 Å². The Kier molecular flexibility index (Phi) is 2.36. The van der Waals surface area contributed by atoms with Crippen LogP contribution in [0.5, 0.6) is 0 Å². The molecule has 1 aromatic carbocycles. The van der Waals surface area contributed by atoms with Gasteiger partial charge in [0.05, 0.1) is 6.10 Å². The molecule has 2 rings (SSSR count). The molecule has 1 aromatic rings. The van der Waals surface area contributed by atoms with E-state index < -0.39 is 0 Å². The van der Waals surface area contributed by atoms with Crippen LogP contribution < -0.4 is 0 Å². The molecule has 13 heavy (non-hydrogen) atoms. The fraction of sp³-hybridized carbons (Fsp3) is 0.500. The molecule has 0 radical (unpaired) electrons. The summed E-state index contributed by atoms with van der Waals surface area (Å²) in [5.41, 5.74) is 1.39. The maximum absolute atomic E-state index is 9.63. The zero-order chi connectivity index (χ0) is 9.26. The Bertz CT molecular complexity index is 268. The average molecular weight is 176 g/mol. The molecule has 1 fully saturated rings. The van der Waals surface area contributed by atoms with Crippen LogP contribution in [0, 0.1) is 5.92 Å². The highest BCUT2D eigenvalue weighted by Crippen LogP contribution is 2.49. The van der Waals surface area contributed by atoms with Crippen LogP contribution in [0.25, 0.3) is 0 Å². The lowest BCUT2D eigenvalue weighted by atomic mass is 10.1. The van der Waals surface area contributed by atoms with Gasteiger partial charge in [0.2, 0.25) is 0 Å². The molecular formula is C12H16O. The van der Waals surface area contributed by atoms with E-state index in [4.69, 9.17) is 0 Å². The minimum Gasteiger partial charge on any atom is -0.393 e. The third kappa shape index (κ3) is 1.75. The lowest BCUT2D eigenvalue weighted by Crippen LogP contribution is -2.07. The first-order valence-electron chi connectivity index (χ1n) is 5.06. The van der Waals surface area contributed by atoms with Gasteiger partial charge in [0.1, 0.15) is 0 Å². The number of aliphatic hydroxyl groups excluding tert-OH is 1. The van der Waals surface area contributed by atoms with Gasteiger partial charge in [-0.25, -0.2) is 0 Å². The van der Waals surface area contributed by atoms with Crippen LogP contribution in [0.4, 0.5) is 0 Å². The van der Waals surface area contributed by atoms with Crippen LogP contribution in [0.1, 0.15) is 31.2 Å². The number of aliphatic hydroxyl groups is 1. The van der Waals surface area contributed by atoms with E-state index in [0.717, 1.165) is 6.42 Å². The fourth-order valence-corrected chi connectivity index (χ4v) is 2.03. The maximum Gasteiger partial charge on any atom is 0.0571 e. The number of hydrogen-bond donors (Lipinski definition) is 1. The molecule has 3 atom stereocenters. The zero-order valence-electron chi connectivity index (χ0n) is 7.98. The summed E-state index contributed by atoms with van der Waals surface area (Å²) in [6.07, 6.45) is 1.96. The Morgan fingerprint density at radius 3 is 2.69 bits per heavy atom. The van der Waals surface area contributed by atoms with Crippen molar-refractivity contribution in [2.75, 3.05) is 0 Å². The van der Waals surface area contributed by atoms with Crippen LogP contribution in [0.2, 0.25) is 0 Å². The minimum absolute atomic E-state index is 0.0924. The Morgan fingerprint density at radius 2 is 2.08 bits per heavy atom. The smallest absolute Gasteiger partial charge is 0.0571 e. The molecule has 0 spiro atoms. The third-order valence-corrected chi connectivity index (χ3v) is 2.98. The van der Waals surface area contributed by atoms with E-state index in [1.165, 1.54) is 12.0 Å². The molecule has 0 aliphatic heterocycles. The first kappa shape index (κ1) is 8.76. The summed E-state index contributed by atoms with van der Waals surface area (Å²) >= 11 is 0. The lowest BCUT2D eigenvalue weighted by molar-refractivity contribution is 0.145. The highest BCUT2D eigenvalue weighted by Gasteiger charge is 2.42. The third-order valence-electron chi connectivity index (χ3n) is 2.98. The topological polar surface area (TPSA) is 20.2 Å². The Balaban J connectivity index is 2.00. The first-order valence-corrected chi connectivity index (χ1v) is 5.06. The van der Waals surface area contributed by atoms with Gasteiger partial charge >= 0.3 is 0 Å². The van der Waals surface area contributed by atoms with Crippen molar-refractivity contribution in [3.05, 3.63) is 35.9 Å². The summed E-state index contributed by atoms with van der Waals surface area (Å²) in [6.45, 7) is 2.05. The standard InChI is InChI=1S/C12H16O/c1-2-12(13)11-8-10(11)9-6-4-3-5-7-9/h3-7,10-13H,2,8H2,1H3/t10-,11+,12-/m0/s1. The van der Waals surface area contributed by atoms with Gasteiger partial charge in [-0.2, -0.15) is 0 Å². The zero-order valence-corrected chi connectivity index (χ0v) is 7.98. The lowest BCUT2D eigenvalue weighted by Gasteiger charge is -2.06. The van der Waals surface area contributed by atoms with E-state index in [-0.39, 0.29) is 6.10 Å². The van der Waals surface area contributed by atoms with Crippen molar-refractivity contribution in [1.82, 2.24) is 0 Å². The summed E-state index contributed by atoms with van der Waals surface area (Å²) in [6, 6.07) is 10.5. The molecule has 1 nitrogen and oxygen atoms in total. The van der Waals surface area contributed by atoms with Crippen LogP contribution in [-0.2, 0) is 0 Å². The van der Waals surface area contributed by atoms with Gasteiger partial charge in [-0.3, -0.25) is 0 Å². The van der Waals surface area contributed by atoms with Crippen molar-refractivity contribution in [2.24, 2.45) is 5.92 Å². The van der Waals surface area contributed by atoms with Crippen molar-refractivity contribution in [3.8, 4) is 0 Å². The maximum atomic E-state index is 9.63. The molecule has 0 unspecified atom stereocenters. The number of rotatable bonds is 3. The molecule has 1 heteroatoms. The van der Waals surface area contributed by atoms with Gasteiger partial charge in [-0.1, -0.05) is 37.3 Å². The van der Waals surface area contributed by atoms with E-state index in [1.54, 1.807) is 0 Å². The number of benzene rings is 1. The van der Waals surface area contributed by atoms with E-state index >= 15 is 0 Å². The Hall–Kier alpha value is -0.820. The summed E-state index contributed by atoms with van der Waals surface area (Å²) in [7, 11) is 0. The molecular weight excluding hydrogens is 160 g/mol. The van der Waals surface area contributed by atoms with Crippen molar-refractivity contribution in [1.29, 1.82) is 0 Å². The molecule has 1 N–H and O–H groups in total. The second kappa shape index (κ2) is 3.51. The number of hydrogen-bond acceptors (Lipinski definition) is 1. The van der Waals surface area contributed by atoms with Gasteiger partial charge in [0, 0.05) is 0 Å². The highest BCUT2D eigenvalue weighted by molar-refractivity contribution is 5.26. The first-order chi connectivity index (χ1) is 6.33. The minimum atomic E-state index is -0.0924. The summed E-state index contributed by atoms with van der Waals surface area (Å²) in [5, 5.41) is 9.63. The van der Waals surface area contributed by atoms with E-state index in [9.17, 15) is 5.11 Å². The van der Waals surface area contributed by atoms with E-state index in [0.29, 0.717) is 11.8 Å². The van der Waals surface area contributed by atoms with E-state index in [2.05, 4.69) is 24.3 Å². The molecule has 1 aliphatic carbocycles. The predicted octanol–water partition coefficient (Wildman–Crippen LogP) is 2.56. The fourth-order valence-electron chi connectivity index (χ4n) is 2.03. The SMILES string of the molecule is CC[C@H](O)[C@@H]1C[C@H]1c1ccccc1. The Labute approximate surface area is 79.4 Å². The van der Waals surface area contributed by atoms with Crippen LogP contribution in [0.15, 0.2) is 30.3 Å². The Morgan fingerprint density at radius 1 is 1.38 bits per heavy atom. The molecule has 0 bridgehead atoms. The van der Waals surface area contributed by atoms with Crippen molar-refractivity contribution in [2.45, 2.75) is 31.8 Å². The van der Waals surface area contributed by atoms with Crippen LogP contribution >= 0.6 is 0 Å². The predicted molar refractivity (Wildman–Crippen MR) is 53.6 cm³/mol. The summed E-state index contributed by atoms with van der Waals surface area (Å²) in [4.78, 5) is 0. The summed E-state index contributed by atoms with van der Waals surface area (Å²) < 4.78 is 0. The van der Waals surface area contributed by atoms with Crippen molar-refractivity contribution in [3.63, 3.8) is 0 Å². The van der Waals surface area contributed by atoms with Gasteiger partial charge in [-0.05, 0) is 30.2 Å². The van der Waals surface area contributed by atoms with Crippen molar-refractivity contribution < 1.29 is 5.11 Å². The van der Waals surface area contributed by atoms with Crippen LogP contribution in [0.3, 0.4) is 0 Å². The highest BCUT2D eigenvalue weighted by atomic mass is 16.3. The molecule has 0 aromatic heterocycles. The second-order valence-corrected chi connectivity index (χ2v) is 3.89. The monoisotopic (exact) mass is 176 g/mol. The van der Waals surface area contributed by atoms with Crippen molar-refractivity contribution >= 4 is 0 Å². The van der Waals surface area contributed by atoms with Gasteiger partial charge in [0.25, 0.3) is 0 Å². The molecule has 0 amide bonds.